The van der Waals surface area contributed by atoms with Gasteiger partial charge in [-0.2, -0.15) is 0 Å². The van der Waals surface area contributed by atoms with Crippen molar-refractivity contribution < 1.29 is 28.7 Å². The molecule has 0 saturated carbocycles. The zero-order valence-corrected chi connectivity index (χ0v) is 16.8. The molecule has 30 heavy (non-hydrogen) atoms. The minimum absolute atomic E-state index is 0.0290. The smallest absolute Gasteiger partial charge is 0.331 e. The number of hydrogen-bond acceptors (Lipinski definition) is 7. The normalized spacial score (nSPS) is 11.6. The van der Waals surface area contributed by atoms with E-state index in [4.69, 9.17) is 14.2 Å². The van der Waals surface area contributed by atoms with Crippen molar-refractivity contribution >= 4 is 29.3 Å². The van der Waals surface area contributed by atoms with E-state index < -0.39 is 22.9 Å². The number of nitrogens with zero attached hydrogens (tertiary/aromatic N) is 1. The number of anilines is 1. The largest absolute Gasteiger partial charge is 0.496 e. The SMILES string of the molecule is CCOc1ccc(/C=C/C(=O)O[C@@H](C)C(=O)Nc2ccc(OC)cc2[N+](=O)[O-])cc1. The predicted octanol–water partition coefficient (Wildman–Crippen LogP) is 3.59. The molecule has 0 aromatic heterocycles. The Morgan fingerprint density at radius 1 is 1.17 bits per heavy atom. The van der Waals surface area contributed by atoms with Crippen molar-refractivity contribution in [2.24, 2.45) is 0 Å². The van der Waals surface area contributed by atoms with Gasteiger partial charge in [-0.1, -0.05) is 12.1 Å². The number of ether oxygens (including phenoxy) is 3. The summed E-state index contributed by atoms with van der Waals surface area (Å²) in [6.07, 6.45) is 1.57. The van der Waals surface area contributed by atoms with Crippen LogP contribution in [0.1, 0.15) is 19.4 Å². The second-order valence-corrected chi connectivity index (χ2v) is 6.04. The number of methoxy groups -OCH3 is 1. The summed E-state index contributed by atoms with van der Waals surface area (Å²) < 4.78 is 15.3. The first-order valence-corrected chi connectivity index (χ1v) is 9.09. The molecule has 0 aliphatic carbocycles. The molecule has 9 heteroatoms. The minimum atomic E-state index is -1.16. The van der Waals surface area contributed by atoms with E-state index in [0.29, 0.717) is 6.61 Å². The first kappa shape index (κ1) is 22.4. The Morgan fingerprint density at radius 2 is 1.83 bits per heavy atom. The first-order chi connectivity index (χ1) is 14.3. The number of amides is 1. The highest BCUT2D eigenvalue weighted by molar-refractivity contribution is 5.98. The molecule has 158 valence electrons. The lowest BCUT2D eigenvalue weighted by molar-refractivity contribution is -0.384. The van der Waals surface area contributed by atoms with Gasteiger partial charge < -0.3 is 19.5 Å². The zero-order valence-electron chi connectivity index (χ0n) is 16.8. The van der Waals surface area contributed by atoms with Crippen LogP contribution in [0.5, 0.6) is 11.5 Å². The maximum Gasteiger partial charge on any atom is 0.331 e. The maximum absolute atomic E-state index is 12.3. The van der Waals surface area contributed by atoms with Crippen LogP contribution < -0.4 is 14.8 Å². The van der Waals surface area contributed by atoms with E-state index in [1.165, 1.54) is 44.4 Å². The topological polar surface area (TPSA) is 117 Å². The summed E-state index contributed by atoms with van der Waals surface area (Å²) in [5.41, 5.74) is 0.386. The lowest BCUT2D eigenvalue weighted by Gasteiger charge is -2.13. The summed E-state index contributed by atoms with van der Waals surface area (Å²) in [5, 5.41) is 13.6. The van der Waals surface area contributed by atoms with Gasteiger partial charge >= 0.3 is 5.97 Å². The van der Waals surface area contributed by atoms with Crippen LogP contribution in [0.3, 0.4) is 0 Å². The van der Waals surface area contributed by atoms with E-state index in [1.807, 2.05) is 6.92 Å². The van der Waals surface area contributed by atoms with E-state index in [0.717, 1.165) is 11.3 Å². The predicted molar refractivity (Wildman–Crippen MR) is 110 cm³/mol. The Labute approximate surface area is 173 Å². The molecule has 1 atom stereocenters. The number of nitro groups is 1. The first-order valence-electron chi connectivity index (χ1n) is 9.09. The molecular weight excluding hydrogens is 392 g/mol. The molecule has 0 aliphatic rings. The van der Waals surface area contributed by atoms with E-state index in [1.54, 1.807) is 24.3 Å². The monoisotopic (exact) mass is 414 g/mol. The van der Waals surface area contributed by atoms with Crippen molar-refractivity contribution in [2.45, 2.75) is 20.0 Å². The number of benzene rings is 2. The van der Waals surface area contributed by atoms with Crippen LogP contribution in [0.25, 0.3) is 6.08 Å². The van der Waals surface area contributed by atoms with Gasteiger partial charge in [-0.15, -0.1) is 0 Å². The van der Waals surface area contributed by atoms with Crippen molar-refractivity contribution in [1.29, 1.82) is 0 Å². The third-order valence-corrected chi connectivity index (χ3v) is 3.92. The summed E-state index contributed by atoms with van der Waals surface area (Å²) in [6, 6.07) is 11.1. The molecule has 0 radical (unpaired) electrons. The Hall–Kier alpha value is -3.88. The minimum Gasteiger partial charge on any atom is -0.496 e. The summed E-state index contributed by atoms with van der Waals surface area (Å²) in [6.45, 7) is 3.81. The quantitative estimate of drug-likeness (QED) is 0.288. The molecule has 0 bridgehead atoms. The highest BCUT2D eigenvalue weighted by Crippen LogP contribution is 2.29. The summed E-state index contributed by atoms with van der Waals surface area (Å²) in [5.74, 6) is -0.435. The number of carbonyl (C=O) groups is 2. The van der Waals surface area contributed by atoms with Crippen molar-refractivity contribution in [3.8, 4) is 11.5 Å². The second-order valence-electron chi connectivity index (χ2n) is 6.04. The molecule has 0 saturated heterocycles. The summed E-state index contributed by atoms with van der Waals surface area (Å²) >= 11 is 0. The highest BCUT2D eigenvalue weighted by atomic mass is 16.6. The van der Waals surface area contributed by atoms with Gasteiger partial charge in [-0.05, 0) is 49.8 Å². The number of rotatable bonds is 9. The Bertz CT molecular complexity index is 939. The lowest BCUT2D eigenvalue weighted by Crippen LogP contribution is -2.29. The van der Waals surface area contributed by atoms with Gasteiger partial charge in [0.1, 0.15) is 17.2 Å². The molecular formula is C21H22N2O7. The lowest BCUT2D eigenvalue weighted by atomic mass is 10.2. The molecule has 0 aliphatic heterocycles. The van der Waals surface area contributed by atoms with Gasteiger partial charge in [0.15, 0.2) is 6.10 Å². The maximum atomic E-state index is 12.3. The number of nitrogens with one attached hydrogen (secondary N) is 1. The van der Waals surface area contributed by atoms with Gasteiger partial charge in [0.25, 0.3) is 11.6 Å². The van der Waals surface area contributed by atoms with E-state index in [9.17, 15) is 19.7 Å². The molecule has 0 spiro atoms. The van der Waals surface area contributed by atoms with Crippen LogP contribution in [0, 0.1) is 10.1 Å². The van der Waals surface area contributed by atoms with Crippen molar-refractivity contribution in [1.82, 2.24) is 0 Å². The van der Waals surface area contributed by atoms with Crippen molar-refractivity contribution in [2.75, 3.05) is 19.0 Å². The van der Waals surface area contributed by atoms with Gasteiger partial charge in [0.05, 0.1) is 24.7 Å². The Balaban J connectivity index is 1.96. The summed E-state index contributed by atoms with van der Waals surface area (Å²) in [4.78, 5) is 34.8. The molecule has 2 aromatic rings. The molecule has 2 rings (SSSR count). The molecule has 2 aromatic carbocycles. The number of esters is 1. The molecule has 0 fully saturated rings. The van der Waals surface area contributed by atoms with Crippen LogP contribution in [0.15, 0.2) is 48.5 Å². The second kappa shape index (κ2) is 10.6. The van der Waals surface area contributed by atoms with Crippen LogP contribution in [0.2, 0.25) is 0 Å². The third-order valence-electron chi connectivity index (χ3n) is 3.92. The van der Waals surface area contributed by atoms with E-state index >= 15 is 0 Å². The van der Waals surface area contributed by atoms with Crippen LogP contribution in [-0.2, 0) is 14.3 Å². The fraction of sp³-hybridized carbons (Fsp3) is 0.238. The van der Waals surface area contributed by atoms with Crippen molar-refractivity contribution in [3.05, 3.63) is 64.2 Å². The third kappa shape index (κ3) is 6.33. The van der Waals surface area contributed by atoms with E-state index in [-0.39, 0.29) is 17.1 Å². The standard InChI is InChI=1S/C21H22N2O7/c1-4-29-16-8-5-15(6-9-16)7-12-20(24)30-14(2)21(25)22-18-11-10-17(28-3)13-19(18)23(26)27/h5-14H,4H2,1-3H3,(H,22,25)/b12-7+/t14-/m0/s1. The van der Waals surface area contributed by atoms with Crippen LogP contribution in [-0.4, -0.2) is 36.6 Å². The average molecular weight is 414 g/mol. The molecule has 1 N–H and O–H groups in total. The van der Waals surface area contributed by atoms with Gasteiger partial charge in [-0.3, -0.25) is 14.9 Å². The Kier molecular flexibility index (Phi) is 7.92. The van der Waals surface area contributed by atoms with Crippen LogP contribution in [0.4, 0.5) is 11.4 Å². The zero-order chi connectivity index (χ0) is 22.1. The van der Waals surface area contributed by atoms with Crippen LogP contribution >= 0.6 is 0 Å². The molecule has 9 nitrogen and oxygen atoms in total. The van der Waals surface area contributed by atoms with Gasteiger partial charge in [-0.25, -0.2) is 4.79 Å². The number of nitro benzene ring substituents is 1. The van der Waals surface area contributed by atoms with E-state index in [2.05, 4.69) is 5.32 Å². The fourth-order valence-electron chi connectivity index (χ4n) is 2.40. The average Bonchev–Trinajstić information content (AvgIpc) is 2.73. The fourth-order valence-corrected chi connectivity index (χ4v) is 2.40. The highest BCUT2D eigenvalue weighted by Gasteiger charge is 2.22. The molecule has 1 amide bonds. The van der Waals surface area contributed by atoms with Gasteiger partial charge in [0.2, 0.25) is 0 Å². The molecule has 0 unspecified atom stereocenters. The summed E-state index contributed by atoms with van der Waals surface area (Å²) in [7, 11) is 1.37. The number of hydrogen-bond donors (Lipinski definition) is 1. The van der Waals surface area contributed by atoms with Crippen molar-refractivity contribution in [3.63, 3.8) is 0 Å². The Morgan fingerprint density at radius 3 is 2.43 bits per heavy atom. The van der Waals surface area contributed by atoms with Gasteiger partial charge in [0, 0.05) is 6.08 Å². The molecule has 0 heterocycles. The number of carbonyl (C=O) groups excluding carboxylic acids is 2.